The smallest absolute Gasteiger partial charge is 0.162 e. The van der Waals surface area contributed by atoms with Gasteiger partial charge in [-0.1, -0.05) is 22.9 Å². The van der Waals surface area contributed by atoms with Gasteiger partial charge in [-0.3, -0.25) is 0 Å². The highest BCUT2D eigenvalue weighted by molar-refractivity contribution is 9.10. The van der Waals surface area contributed by atoms with Crippen LogP contribution in [0.5, 0.6) is 11.5 Å². The fourth-order valence-electron chi connectivity index (χ4n) is 1.29. The quantitative estimate of drug-likeness (QED) is 0.754. The topological polar surface area (TPSA) is 18.5 Å². The fourth-order valence-corrected chi connectivity index (χ4v) is 1.63. The van der Waals surface area contributed by atoms with Crippen molar-refractivity contribution >= 4 is 15.9 Å². The number of rotatable bonds is 1. The van der Waals surface area contributed by atoms with Gasteiger partial charge in [0.05, 0.1) is 0 Å². The molecule has 0 saturated carbocycles. The maximum Gasteiger partial charge on any atom is 0.162 e. The second kappa shape index (κ2) is 3.58. The molecule has 2 rings (SSSR count). The highest BCUT2D eigenvalue weighted by Crippen LogP contribution is 2.34. The number of halogens is 1. The van der Waals surface area contributed by atoms with E-state index in [1.165, 1.54) is 0 Å². The van der Waals surface area contributed by atoms with Crippen molar-refractivity contribution in [2.45, 2.75) is 19.4 Å². The first-order valence-electron chi connectivity index (χ1n) is 4.38. The molecule has 0 aliphatic carbocycles. The van der Waals surface area contributed by atoms with Crippen LogP contribution in [0.1, 0.15) is 13.3 Å². The van der Waals surface area contributed by atoms with Crippen molar-refractivity contribution in [2.75, 3.05) is 6.61 Å². The molecular formula is C10H11BrO2. The van der Waals surface area contributed by atoms with Gasteiger partial charge in [0, 0.05) is 4.47 Å². The van der Waals surface area contributed by atoms with E-state index in [-0.39, 0.29) is 6.10 Å². The van der Waals surface area contributed by atoms with Crippen LogP contribution in [0.4, 0.5) is 0 Å². The average Bonchev–Trinajstić information content (AvgIpc) is 2.17. The summed E-state index contributed by atoms with van der Waals surface area (Å²) in [4.78, 5) is 0. The van der Waals surface area contributed by atoms with Gasteiger partial charge in [-0.25, -0.2) is 0 Å². The first kappa shape index (κ1) is 8.88. The van der Waals surface area contributed by atoms with Crippen LogP contribution in [-0.2, 0) is 0 Å². The van der Waals surface area contributed by atoms with Gasteiger partial charge in [-0.05, 0) is 24.6 Å². The van der Waals surface area contributed by atoms with Crippen molar-refractivity contribution in [3.05, 3.63) is 22.7 Å². The van der Waals surface area contributed by atoms with Crippen molar-refractivity contribution in [1.82, 2.24) is 0 Å². The maximum atomic E-state index is 5.69. The molecule has 0 bridgehead atoms. The molecule has 0 saturated heterocycles. The molecule has 13 heavy (non-hydrogen) atoms. The van der Waals surface area contributed by atoms with Crippen LogP contribution in [0.2, 0.25) is 0 Å². The Morgan fingerprint density at radius 1 is 1.46 bits per heavy atom. The van der Waals surface area contributed by atoms with Crippen LogP contribution < -0.4 is 9.47 Å². The normalized spacial score (nSPS) is 20.0. The summed E-state index contributed by atoms with van der Waals surface area (Å²) >= 11 is 3.39. The highest BCUT2D eigenvalue weighted by Gasteiger charge is 2.18. The minimum absolute atomic E-state index is 0.202. The van der Waals surface area contributed by atoms with Crippen molar-refractivity contribution in [1.29, 1.82) is 0 Å². The van der Waals surface area contributed by atoms with Gasteiger partial charge in [-0.15, -0.1) is 0 Å². The van der Waals surface area contributed by atoms with E-state index in [4.69, 9.17) is 9.47 Å². The van der Waals surface area contributed by atoms with Crippen molar-refractivity contribution in [3.8, 4) is 11.5 Å². The first-order chi connectivity index (χ1) is 6.29. The predicted octanol–water partition coefficient (Wildman–Crippen LogP) is 3.00. The molecule has 1 aromatic rings. The summed E-state index contributed by atoms with van der Waals surface area (Å²) in [5, 5.41) is 0. The zero-order valence-corrected chi connectivity index (χ0v) is 9.00. The Morgan fingerprint density at radius 2 is 2.31 bits per heavy atom. The lowest BCUT2D eigenvalue weighted by molar-refractivity contribution is 0.0883. The third kappa shape index (κ3) is 1.80. The molecule has 0 unspecified atom stereocenters. The first-order valence-corrected chi connectivity index (χ1v) is 5.18. The summed E-state index contributed by atoms with van der Waals surface area (Å²) in [5.41, 5.74) is 0. The minimum atomic E-state index is 0.202. The van der Waals surface area contributed by atoms with E-state index in [0.717, 1.165) is 22.4 Å². The standard InChI is InChI=1S/C10H11BrO2/c1-2-8-6-12-10-5-7(11)3-4-9(10)13-8/h3-5,8H,2,6H2,1H3/t8-/m0/s1. The molecule has 70 valence electrons. The summed E-state index contributed by atoms with van der Waals surface area (Å²) in [6.07, 6.45) is 1.18. The van der Waals surface area contributed by atoms with E-state index in [2.05, 4.69) is 22.9 Å². The summed E-state index contributed by atoms with van der Waals surface area (Å²) in [6.45, 7) is 2.75. The summed E-state index contributed by atoms with van der Waals surface area (Å²) in [6, 6.07) is 5.82. The van der Waals surface area contributed by atoms with E-state index < -0.39 is 0 Å². The molecule has 1 aliphatic rings. The number of hydrogen-bond acceptors (Lipinski definition) is 2. The second-order valence-electron chi connectivity index (χ2n) is 3.05. The monoisotopic (exact) mass is 242 g/mol. The van der Waals surface area contributed by atoms with Gasteiger partial charge in [0.15, 0.2) is 11.5 Å². The summed E-state index contributed by atoms with van der Waals surface area (Å²) in [7, 11) is 0. The predicted molar refractivity (Wildman–Crippen MR) is 54.3 cm³/mol. The molecular weight excluding hydrogens is 232 g/mol. The second-order valence-corrected chi connectivity index (χ2v) is 3.97. The van der Waals surface area contributed by atoms with Crippen molar-refractivity contribution in [3.63, 3.8) is 0 Å². The largest absolute Gasteiger partial charge is 0.486 e. The van der Waals surface area contributed by atoms with Crippen LogP contribution in [0.15, 0.2) is 22.7 Å². The third-order valence-electron chi connectivity index (χ3n) is 2.08. The molecule has 3 heteroatoms. The summed E-state index contributed by atoms with van der Waals surface area (Å²) < 4.78 is 12.3. The highest BCUT2D eigenvalue weighted by atomic mass is 79.9. The molecule has 1 aliphatic heterocycles. The Hall–Kier alpha value is -0.700. The molecule has 2 nitrogen and oxygen atoms in total. The van der Waals surface area contributed by atoms with Crippen LogP contribution in [0.25, 0.3) is 0 Å². The van der Waals surface area contributed by atoms with Crippen molar-refractivity contribution in [2.24, 2.45) is 0 Å². The Bertz CT molecular complexity index is 312. The molecule has 0 radical (unpaired) electrons. The van der Waals surface area contributed by atoms with Gasteiger partial charge >= 0.3 is 0 Å². The fraction of sp³-hybridized carbons (Fsp3) is 0.400. The van der Waals surface area contributed by atoms with Crippen molar-refractivity contribution < 1.29 is 9.47 Å². The van der Waals surface area contributed by atoms with E-state index in [1.807, 2.05) is 18.2 Å². The Kier molecular flexibility index (Phi) is 2.44. The number of fused-ring (bicyclic) bond motifs is 1. The van der Waals surface area contributed by atoms with Gasteiger partial charge < -0.3 is 9.47 Å². The molecule has 0 fully saturated rings. The van der Waals surface area contributed by atoms with Gasteiger partial charge in [0.1, 0.15) is 12.7 Å². The number of ether oxygens (including phenoxy) is 2. The molecule has 1 atom stereocenters. The Morgan fingerprint density at radius 3 is 3.08 bits per heavy atom. The average molecular weight is 243 g/mol. The zero-order chi connectivity index (χ0) is 9.26. The van der Waals surface area contributed by atoms with Gasteiger partial charge in [0.25, 0.3) is 0 Å². The molecule has 0 amide bonds. The minimum Gasteiger partial charge on any atom is -0.486 e. The lowest BCUT2D eigenvalue weighted by Gasteiger charge is -2.25. The third-order valence-corrected chi connectivity index (χ3v) is 2.57. The number of benzene rings is 1. The van der Waals surface area contributed by atoms with Crippen LogP contribution in [0, 0.1) is 0 Å². The molecule has 0 spiro atoms. The Labute approximate surface area is 86.0 Å². The summed E-state index contributed by atoms with van der Waals surface area (Å²) in [5.74, 6) is 1.68. The van der Waals surface area contributed by atoms with Crippen LogP contribution in [0.3, 0.4) is 0 Å². The van der Waals surface area contributed by atoms with Crippen LogP contribution >= 0.6 is 15.9 Å². The molecule has 0 N–H and O–H groups in total. The van der Waals surface area contributed by atoms with Crippen LogP contribution in [-0.4, -0.2) is 12.7 Å². The lowest BCUT2D eigenvalue weighted by Crippen LogP contribution is -2.28. The molecule has 1 heterocycles. The zero-order valence-electron chi connectivity index (χ0n) is 7.42. The van der Waals surface area contributed by atoms with E-state index in [9.17, 15) is 0 Å². The van der Waals surface area contributed by atoms with E-state index in [0.29, 0.717) is 6.61 Å². The molecule has 1 aromatic carbocycles. The maximum absolute atomic E-state index is 5.69. The Balaban J connectivity index is 2.26. The van der Waals surface area contributed by atoms with E-state index in [1.54, 1.807) is 0 Å². The van der Waals surface area contributed by atoms with Gasteiger partial charge in [0.2, 0.25) is 0 Å². The lowest BCUT2D eigenvalue weighted by atomic mass is 10.2. The SMILES string of the molecule is CC[C@H]1COc2cc(Br)ccc2O1. The number of hydrogen-bond donors (Lipinski definition) is 0. The molecule has 0 aromatic heterocycles. The van der Waals surface area contributed by atoms with E-state index >= 15 is 0 Å². The van der Waals surface area contributed by atoms with Gasteiger partial charge in [-0.2, -0.15) is 0 Å².